The second-order valence-electron chi connectivity index (χ2n) is 4.12. The molecule has 0 amide bonds. The summed E-state index contributed by atoms with van der Waals surface area (Å²) in [5, 5.41) is 16.0. The number of carboxylic acids is 1. The summed E-state index contributed by atoms with van der Waals surface area (Å²) < 4.78 is 0. The highest BCUT2D eigenvalue weighted by atomic mass is 35.5. The summed E-state index contributed by atoms with van der Waals surface area (Å²) in [6, 6.07) is 11.6. The molecule has 1 atom stereocenters. The first-order valence-corrected chi connectivity index (χ1v) is 5.73. The zero-order valence-corrected chi connectivity index (χ0v) is 11.1. The van der Waals surface area contributed by atoms with Gasteiger partial charge in [-0.15, -0.1) is 12.4 Å². The van der Waals surface area contributed by atoms with E-state index >= 15 is 0 Å². The molecule has 0 aliphatic carbocycles. The maximum absolute atomic E-state index is 10.9. The lowest BCUT2D eigenvalue weighted by atomic mass is 10.0. The minimum absolute atomic E-state index is 0. The molecule has 1 aromatic heterocycles. The van der Waals surface area contributed by atoms with Crippen molar-refractivity contribution in [2.24, 2.45) is 11.7 Å². The molecule has 2 aromatic rings. The summed E-state index contributed by atoms with van der Waals surface area (Å²) in [5.74, 6) is -1.46. The van der Waals surface area contributed by atoms with Gasteiger partial charge in [-0.05, 0) is 6.07 Å². The van der Waals surface area contributed by atoms with E-state index in [9.17, 15) is 4.79 Å². The molecule has 0 unspecified atom stereocenters. The van der Waals surface area contributed by atoms with Gasteiger partial charge in [-0.2, -0.15) is 5.10 Å². The Morgan fingerprint density at radius 3 is 2.63 bits per heavy atom. The Hall–Kier alpha value is -1.85. The topological polar surface area (TPSA) is 92.0 Å². The quantitative estimate of drug-likeness (QED) is 0.778. The zero-order chi connectivity index (χ0) is 13.0. The van der Waals surface area contributed by atoms with Crippen LogP contribution in [0.4, 0.5) is 0 Å². The SMILES string of the molecule is Cl.NC[C@@H](Cc1cc(-c2ccccc2)n[nH]1)C(=O)O. The van der Waals surface area contributed by atoms with E-state index < -0.39 is 11.9 Å². The lowest BCUT2D eigenvalue weighted by Gasteiger charge is -2.06. The molecular weight excluding hydrogens is 266 g/mol. The van der Waals surface area contributed by atoms with Gasteiger partial charge in [0.25, 0.3) is 0 Å². The average molecular weight is 282 g/mol. The average Bonchev–Trinajstić information content (AvgIpc) is 2.85. The van der Waals surface area contributed by atoms with Crippen LogP contribution in [0.2, 0.25) is 0 Å². The van der Waals surface area contributed by atoms with Gasteiger partial charge in [0.2, 0.25) is 0 Å². The molecule has 0 aliphatic rings. The number of rotatable bonds is 5. The van der Waals surface area contributed by atoms with E-state index in [0.29, 0.717) is 6.42 Å². The summed E-state index contributed by atoms with van der Waals surface area (Å²) >= 11 is 0. The number of hydrogen-bond acceptors (Lipinski definition) is 3. The van der Waals surface area contributed by atoms with Crippen molar-refractivity contribution in [3.8, 4) is 11.3 Å². The van der Waals surface area contributed by atoms with Crippen LogP contribution in [-0.2, 0) is 11.2 Å². The van der Waals surface area contributed by atoms with E-state index in [1.807, 2.05) is 36.4 Å². The van der Waals surface area contributed by atoms with E-state index in [-0.39, 0.29) is 19.0 Å². The third-order valence-electron chi connectivity index (χ3n) is 2.80. The third-order valence-corrected chi connectivity index (χ3v) is 2.80. The van der Waals surface area contributed by atoms with Gasteiger partial charge in [-0.25, -0.2) is 0 Å². The summed E-state index contributed by atoms with van der Waals surface area (Å²) in [7, 11) is 0. The van der Waals surface area contributed by atoms with E-state index in [1.54, 1.807) is 0 Å². The Morgan fingerprint density at radius 1 is 1.37 bits per heavy atom. The van der Waals surface area contributed by atoms with Crippen LogP contribution in [0.5, 0.6) is 0 Å². The number of hydrogen-bond donors (Lipinski definition) is 3. The normalized spacial score (nSPS) is 11.6. The number of aromatic amines is 1. The minimum Gasteiger partial charge on any atom is -0.481 e. The van der Waals surface area contributed by atoms with Crippen molar-refractivity contribution >= 4 is 18.4 Å². The number of H-pyrrole nitrogens is 1. The van der Waals surface area contributed by atoms with Crippen molar-refractivity contribution in [1.29, 1.82) is 0 Å². The van der Waals surface area contributed by atoms with Gasteiger partial charge < -0.3 is 10.8 Å². The molecule has 5 nitrogen and oxygen atoms in total. The smallest absolute Gasteiger partial charge is 0.308 e. The molecule has 0 radical (unpaired) electrons. The first-order valence-electron chi connectivity index (χ1n) is 5.73. The number of benzene rings is 1. The zero-order valence-electron chi connectivity index (χ0n) is 10.2. The predicted molar refractivity (Wildman–Crippen MR) is 75.2 cm³/mol. The summed E-state index contributed by atoms with van der Waals surface area (Å²) in [5.41, 5.74) is 8.02. The van der Waals surface area contributed by atoms with Crippen molar-refractivity contribution in [1.82, 2.24) is 10.2 Å². The maximum Gasteiger partial charge on any atom is 0.308 e. The molecule has 4 N–H and O–H groups in total. The Morgan fingerprint density at radius 2 is 2.05 bits per heavy atom. The van der Waals surface area contributed by atoms with E-state index in [2.05, 4.69) is 10.2 Å². The van der Waals surface area contributed by atoms with Gasteiger partial charge in [0.05, 0.1) is 11.6 Å². The molecular formula is C13H16ClN3O2. The number of carbonyl (C=O) groups is 1. The van der Waals surface area contributed by atoms with Crippen molar-refractivity contribution in [2.45, 2.75) is 6.42 Å². The van der Waals surface area contributed by atoms with Crippen LogP contribution in [-0.4, -0.2) is 27.8 Å². The molecule has 0 saturated carbocycles. The third kappa shape index (κ3) is 3.81. The highest BCUT2D eigenvalue weighted by Gasteiger charge is 2.17. The van der Waals surface area contributed by atoms with Crippen molar-refractivity contribution in [2.75, 3.05) is 6.54 Å². The lowest BCUT2D eigenvalue weighted by molar-refractivity contribution is -0.141. The Labute approximate surface area is 117 Å². The van der Waals surface area contributed by atoms with Crippen LogP contribution in [0.25, 0.3) is 11.3 Å². The van der Waals surface area contributed by atoms with E-state index in [0.717, 1.165) is 17.0 Å². The lowest BCUT2D eigenvalue weighted by Crippen LogP contribution is -2.25. The minimum atomic E-state index is -0.881. The molecule has 19 heavy (non-hydrogen) atoms. The second-order valence-corrected chi connectivity index (χ2v) is 4.12. The van der Waals surface area contributed by atoms with Crippen LogP contribution >= 0.6 is 12.4 Å². The first-order chi connectivity index (χ1) is 8.70. The van der Waals surface area contributed by atoms with Crippen molar-refractivity contribution in [3.63, 3.8) is 0 Å². The summed E-state index contributed by atoms with van der Waals surface area (Å²) in [6.07, 6.45) is 0.367. The van der Waals surface area contributed by atoms with E-state index in [1.165, 1.54) is 0 Å². The van der Waals surface area contributed by atoms with Crippen LogP contribution in [0.15, 0.2) is 36.4 Å². The number of nitrogens with two attached hydrogens (primary N) is 1. The van der Waals surface area contributed by atoms with Gasteiger partial charge in [0, 0.05) is 24.2 Å². The molecule has 0 spiro atoms. The first kappa shape index (κ1) is 15.2. The fourth-order valence-corrected chi connectivity index (χ4v) is 1.76. The molecule has 0 aliphatic heterocycles. The standard InChI is InChI=1S/C13H15N3O2.ClH/c14-8-10(13(17)18)6-11-7-12(16-15-11)9-4-2-1-3-5-9;/h1-5,7,10H,6,8,14H2,(H,15,16)(H,17,18);1H/t10-;/m1./s1. The van der Waals surface area contributed by atoms with Crippen molar-refractivity contribution in [3.05, 3.63) is 42.1 Å². The van der Waals surface area contributed by atoms with Crippen molar-refractivity contribution < 1.29 is 9.90 Å². The van der Waals surface area contributed by atoms with Gasteiger partial charge >= 0.3 is 5.97 Å². The maximum atomic E-state index is 10.9. The molecule has 0 bridgehead atoms. The van der Waals surface area contributed by atoms with Gasteiger partial charge in [0.1, 0.15) is 0 Å². The van der Waals surface area contributed by atoms with Gasteiger partial charge in [-0.1, -0.05) is 30.3 Å². The molecule has 1 heterocycles. The molecule has 0 saturated heterocycles. The number of halogens is 1. The monoisotopic (exact) mass is 281 g/mol. The highest BCUT2D eigenvalue weighted by Crippen LogP contribution is 2.18. The fraction of sp³-hybridized carbons (Fsp3) is 0.231. The molecule has 2 rings (SSSR count). The molecule has 0 fully saturated rings. The molecule has 6 heteroatoms. The number of aliphatic carboxylic acids is 1. The largest absolute Gasteiger partial charge is 0.481 e. The predicted octanol–water partition coefficient (Wildman–Crippen LogP) is 1.70. The molecule has 102 valence electrons. The van der Waals surface area contributed by atoms with Gasteiger partial charge in [0.15, 0.2) is 0 Å². The summed E-state index contributed by atoms with van der Waals surface area (Å²) in [4.78, 5) is 10.9. The van der Waals surface area contributed by atoms with Crippen LogP contribution in [0, 0.1) is 5.92 Å². The number of carboxylic acid groups (broad SMARTS) is 1. The number of nitrogens with one attached hydrogen (secondary N) is 1. The Bertz CT molecular complexity index is 528. The number of nitrogens with zero attached hydrogens (tertiary/aromatic N) is 1. The number of aromatic nitrogens is 2. The fourth-order valence-electron chi connectivity index (χ4n) is 1.76. The van der Waals surface area contributed by atoms with E-state index in [4.69, 9.17) is 10.8 Å². The van der Waals surface area contributed by atoms with Gasteiger partial charge in [-0.3, -0.25) is 9.89 Å². The van der Waals surface area contributed by atoms with Crippen LogP contribution < -0.4 is 5.73 Å². The summed E-state index contributed by atoms with van der Waals surface area (Å²) in [6.45, 7) is 0.120. The Kier molecular flexibility index (Phi) is 5.54. The van der Waals surface area contributed by atoms with Crippen LogP contribution in [0.1, 0.15) is 5.69 Å². The highest BCUT2D eigenvalue weighted by molar-refractivity contribution is 5.85. The van der Waals surface area contributed by atoms with Crippen LogP contribution in [0.3, 0.4) is 0 Å². The second kappa shape index (κ2) is 6.92. The Balaban J connectivity index is 0.00000180. The molecule has 1 aromatic carbocycles.